The Labute approximate surface area is 167 Å². The second-order valence-corrected chi connectivity index (χ2v) is 6.50. The first kappa shape index (κ1) is 20.1. The van der Waals surface area contributed by atoms with Crippen LogP contribution in [0.4, 0.5) is 11.4 Å². The van der Waals surface area contributed by atoms with Gasteiger partial charge in [0, 0.05) is 0 Å². The molecule has 1 fully saturated rings. The van der Waals surface area contributed by atoms with Gasteiger partial charge in [-0.1, -0.05) is 24.3 Å². The molecule has 1 saturated carbocycles. The summed E-state index contributed by atoms with van der Waals surface area (Å²) in [5, 5.41) is 5.36. The van der Waals surface area contributed by atoms with Gasteiger partial charge in [-0.25, -0.2) is 9.59 Å². The number of hydrogen-bond acceptors (Lipinski definition) is 6. The molecule has 2 unspecified atom stereocenters. The molecule has 0 radical (unpaired) electrons. The van der Waals surface area contributed by atoms with Crippen LogP contribution in [-0.2, 0) is 19.1 Å². The quantitative estimate of drug-likeness (QED) is 0.726. The molecule has 8 heteroatoms. The Morgan fingerprint density at radius 2 is 1.10 bits per heavy atom. The number of methoxy groups -OCH3 is 2. The first-order valence-electron chi connectivity index (χ1n) is 8.92. The van der Waals surface area contributed by atoms with E-state index in [0.717, 1.165) is 0 Å². The van der Waals surface area contributed by atoms with E-state index in [1.807, 2.05) is 0 Å². The monoisotopic (exact) mass is 396 g/mol. The van der Waals surface area contributed by atoms with Crippen LogP contribution in [0.5, 0.6) is 0 Å². The second-order valence-electron chi connectivity index (χ2n) is 6.50. The van der Waals surface area contributed by atoms with Gasteiger partial charge in [-0.15, -0.1) is 0 Å². The lowest BCUT2D eigenvalue weighted by Gasteiger charge is -2.10. The van der Waals surface area contributed by atoms with Gasteiger partial charge in [0.15, 0.2) is 0 Å². The molecule has 0 spiro atoms. The summed E-state index contributed by atoms with van der Waals surface area (Å²) < 4.78 is 9.42. The maximum Gasteiger partial charge on any atom is 0.339 e. The number of amides is 2. The predicted octanol–water partition coefficient (Wildman–Crippen LogP) is 2.47. The third-order valence-corrected chi connectivity index (χ3v) is 4.64. The Morgan fingerprint density at radius 1 is 0.724 bits per heavy atom. The Morgan fingerprint density at radius 3 is 1.48 bits per heavy atom. The van der Waals surface area contributed by atoms with Crippen molar-refractivity contribution in [3.8, 4) is 0 Å². The molecule has 0 saturated heterocycles. The lowest BCUT2D eigenvalue weighted by atomic mass is 10.1. The van der Waals surface area contributed by atoms with Gasteiger partial charge in [-0.2, -0.15) is 0 Å². The number of benzene rings is 2. The van der Waals surface area contributed by atoms with E-state index in [-0.39, 0.29) is 22.9 Å². The number of ether oxygens (including phenoxy) is 2. The van der Waals surface area contributed by atoms with Crippen molar-refractivity contribution in [2.75, 3.05) is 24.9 Å². The fourth-order valence-corrected chi connectivity index (χ4v) is 2.99. The molecule has 2 N–H and O–H groups in total. The first-order valence-corrected chi connectivity index (χ1v) is 8.92. The summed E-state index contributed by atoms with van der Waals surface area (Å²) in [4.78, 5) is 48.6. The van der Waals surface area contributed by atoms with Gasteiger partial charge in [0.25, 0.3) is 0 Å². The Hall–Kier alpha value is -3.68. The van der Waals surface area contributed by atoms with Crippen molar-refractivity contribution in [2.45, 2.75) is 6.42 Å². The van der Waals surface area contributed by atoms with Crippen LogP contribution in [0.1, 0.15) is 27.1 Å². The molecule has 0 heterocycles. The summed E-state index contributed by atoms with van der Waals surface area (Å²) in [5.74, 6) is -2.89. The van der Waals surface area contributed by atoms with Crippen molar-refractivity contribution in [1.82, 2.24) is 0 Å². The van der Waals surface area contributed by atoms with Crippen molar-refractivity contribution in [2.24, 2.45) is 11.8 Å². The SMILES string of the molecule is COC(=O)c1ccccc1NC(=O)C1CC1C(=O)Nc1ccccc1C(=O)OC. The lowest BCUT2D eigenvalue weighted by molar-refractivity contribution is -0.122. The molecule has 0 bridgehead atoms. The molecule has 0 aliphatic heterocycles. The Kier molecular flexibility index (Phi) is 5.92. The molecule has 1 aliphatic carbocycles. The smallest absolute Gasteiger partial charge is 0.339 e. The third-order valence-electron chi connectivity index (χ3n) is 4.64. The van der Waals surface area contributed by atoms with Crippen molar-refractivity contribution >= 4 is 35.1 Å². The molecule has 0 aromatic heterocycles. The summed E-state index contributed by atoms with van der Waals surface area (Å²) >= 11 is 0. The van der Waals surface area contributed by atoms with Crippen LogP contribution in [0, 0.1) is 11.8 Å². The largest absolute Gasteiger partial charge is 0.465 e. The zero-order valence-corrected chi connectivity index (χ0v) is 15.9. The maximum atomic E-state index is 12.5. The number of carbonyl (C=O) groups is 4. The van der Waals surface area contributed by atoms with E-state index in [2.05, 4.69) is 10.6 Å². The minimum absolute atomic E-state index is 0.233. The van der Waals surface area contributed by atoms with E-state index in [4.69, 9.17) is 9.47 Å². The number of rotatable bonds is 6. The van der Waals surface area contributed by atoms with E-state index >= 15 is 0 Å². The topological polar surface area (TPSA) is 111 Å². The van der Waals surface area contributed by atoms with E-state index in [0.29, 0.717) is 17.8 Å². The van der Waals surface area contributed by atoms with Gasteiger partial charge in [-0.3, -0.25) is 9.59 Å². The van der Waals surface area contributed by atoms with Crippen LogP contribution < -0.4 is 10.6 Å². The Balaban J connectivity index is 1.65. The minimum atomic E-state index is -0.564. The molecule has 2 aromatic rings. The van der Waals surface area contributed by atoms with Crippen molar-refractivity contribution in [1.29, 1.82) is 0 Å². The zero-order chi connectivity index (χ0) is 21.0. The average Bonchev–Trinajstić information content (AvgIpc) is 3.54. The fraction of sp³-hybridized carbons (Fsp3) is 0.238. The highest BCUT2D eigenvalue weighted by atomic mass is 16.5. The van der Waals surface area contributed by atoms with Crippen molar-refractivity contribution in [3.05, 3.63) is 59.7 Å². The van der Waals surface area contributed by atoms with E-state index < -0.39 is 23.8 Å². The number of hydrogen-bond donors (Lipinski definition) is 2. The van der Waals surface area contributed by atoms with Gasteiger partial charge in [-0.05, 0) is 30.7 Å². The highest BCUT2D eigenvalue weighted by Gasteiger charge is 2.48. The number of nitrogens with one attached hydrogen (secondary N) is 2. The number of esters is 2. The molecule has 1 aliphatic rings. The van der Waals surface area contributed by atoms with Gasteiger partial charge >= 0.3 is 11.9 Å². The molecular weight excluding hydrogens is 376 g/mol. The summed E-state index contributed by atoms with van der Waals surface area (Å²) in [6, 6.07) is 13.0. The van der Waals surface area contributed by atoms with Crippen LogP contribution in [0.2, 0.25) is 0 Å². The third kappa shape index (κ3) is 4.43. The predicted molar refractivity (Wildman–Crippen MR) is 104 cm³/mol. The molecule has 3 rings (SSSR count). The molecule has 8 nitrogen and oxygen atoms in total. The van der Waals surface area contributed by atoms with E-state index in [1.54, 1.807) is 48.5 Å². The summed E-state index contributed by atoms with van der Waals surface area (Å²) in [6.07, 6.45) is 0.373. The maximum absolute atomic E-state index is 12.5. The molecule has 29 heavy (non-hydrogen) atoms. The van der Waals surface area contributed by atoms with Crippen LogP contribution in [-0.4, -0.2) is 38.0 Å². The number of carbonyl (C=O) groups excluding carboxylic acids is 4. The van der Waals surface area contributed by atoms with Crippen LogP contribution in [0.15, 0.2) is 48.5 Å². The van der Waals surface area contributed by atoms with Gasteiger partial charge in [0.1, 0.15) is 0 Å². The minimum Gasteiger partial charge on any atom is -0.465 e. The number of para-hydroxylation sites is 2. The lowest BCUT2D eigenvalue weighted by Crippen LogP contribution is -2.22. The van der Waals surface area contributed by atoms with Crippen LogP contribution in [0.25, 0.3) is 0 Å². The Bertz CT molecular complexity index is 894. The molecule has 2 atom stereocenters. The second kappa shape index (κ2) is 8.55. The first-order chi connectivity index (χ1) is 14.0. The van der Waals surface area contributed by atoms with Crippen molar-refractivity contribution < 1.29 is 28.7 Å². The summed E-state index contributed by atoms with van der Waals surface area (Å²) in [7, 11) is 2.52. The van der Waals surface area contributed by atoms with Gasteiger partial charge in [0.2, 0.25) is 11.8 Å². The average molecular weight is 396 g/mol. The van der Waals surface area contributed by atoms with Gasteiger partial charge < -0.3 is 20.1 Å². The van der Waals surface area contributed by atoms with Crippen LogP contribution >= 0.6 is 0 Å². The zero-order valence-electron chi connectivity index (χ0n) is 15.9. The van der Waals surface area contributed by atoms with Crippen molar-refractivity contribution in [3.63, 3.8) is 0 Å². The molecule has 150 valence electrons. The molecule has 2 amide bonds. The standard InChI is InChI=1S/C21H20N2O6/c1-28-20(26)12-7-3-5-9-16(12)22-18(24)14-11-15(14)19(25)23-17-10-6-4-8-13(17)21(27)29-2/h3-10,14-15H,11H2,1-2H3,(H,22,24)(H,23,25). The molecular formula is C21H20N2O6. The van der Waals surface area contributed by atoms with E-state index in [9.17, 15) is 19.2 Å². The highest BCUT2D eigenvalue weighted by Crippen LogP contribution is 2.40. The normalized spacial score (nSPS) is 17.0. The highest BCUT2D eigenvalue weighted by molar-refractivity contribution is 6.07. The van der Waals surface area contributed by atoms with Gasteiger partial charge in [0.05, 0.1) is 48.6 Å². The summed E-state index contributed by atoms with van der Waals surface area (Å²) in [6.45, 7) is 0. The van der Waals surface area contributed by atoms with Crippen LogP contribution in [0.3, 0.4) is 0 Å². The summed E-state index contributed by atoms with van der Waals surface area (Å²) in [5.41, 5.74) is 1.12. The fourth-order valence-electron chi connectivity index (χ4n) is 2.99. The van der Waals surface area contributed by atoms with E-state index in [1.165, 1.54) is 14.2 Å². The number of anilines is 2. The molecule has 2 aromatic carbocycles.